The average Bonchev–Trinajstić information content (AvgIpc) is 3.20. The van der Waals surface area contributed by atoms with E-state index in [4.69, 9.17) is 5.73 Å². The second-order valence-electron chi connectivity index (χ2n) is 5.72. The SMILES string of the molecule is C=CCN(C(=O)C(C)(C)c1ccc(N)cc1)C1CC1. The van der Waals surface area contributed by atoms with E-state index in [2.05, 4.69) is 6.58 Å². The van der Waals surface area contributed by atoms with E-state index in [0.29, 0.717) is 12.6 Å². The van der Waals surface area contributed by atoms with Gasteiger partial charge in [-0.2, -0.15) is 0 Å². The van der Waals surface area contributed by atoms with Crippen molar-refractivity contribution in [2.75, 3.05) is 12.3 Å². The maximum absolute atomic E-state index is 12.8. The maximum Gasteiger partial charge on any atom is 0.233 e. The van der Waals surface area contributed by atoms with Gasteiger partial charge in [0.25, 0.3) is 0 Å². The zero-order valence-electron chi connectivity index (χ0n) is 11.7. The number of rotatable bonds is 5. The molecule has 1 amide bonds. The molecule has 1 aliphatic rings. The fourth-order valence-electron chi connectivity index (χ4n) is 2.31. The van der Waals surface area contributed by atoms with Gasteiger partial charge in [0.1, 0.15) is 0 Å². The third-order valence-electron chi connectivity index (χ3n) is 3.74. The van der Waals surface area contributed by atoms with Crippen LogP contribution in [0, 0.1) is 0 Å². The molecule has 3 heteroatoms. The Balaban J connectivity index is 2.23. The molecule has 0 spiro atoms. The van der Waals surface area contributed by atoms with Gasteiger partial charge in [-0.3, -0.25) is 4.79 Å². The summed E-state index contributed by atoms with van der Waals surface area (Å²) in [6.07, 6.45) is 4.02. The van der Waals surface area contributed by atoms with Crippen molar-refractivity contribution in [1.29, 1.82) is 0 Å². The zero-order chi connectivity index (χ0) is 14.0. The number of nitrogens with two attached hydrogens (primary N) is 1. The number of benzene rings is 1. The van der Waals surface area contributed by atoms with Crippen molar-refractivity contribution < 1.29 is 4.79 Å². The van der Waals surface area contributed by atoms with Crippen LogP contribution in [0.4, 0.5) is 5.69 Å². The average molecular weight is 258 g/mol. The quantitative estimate of drug-likeness (QED) is 0.652. The highest BCUT2D eigenvalue weighted by Gasteiger charge is 2.39. The molecule has 0 bridgehead atoms. The Hall–Kier alpha value is -1.77. The second kappa shape index (κ2) is 5.08. The first-order valence-corrected chi connectivity index (χ1v) is 6.75. The van der Waals surface area contributed by atoms with Crippen LogP contribution in [0.25, 0.3) is 0 Å². The fraction of sp³-hybridized carbons (Fsp3) is 0.438. The molecule has 2 rings (SSSR count). The predicted octanol–water partition coefficient (Wildman–Crippen LogP) is 2.72. The van der Waals surface area contributed by atoms with Crippen molar-refractivity contribution in [3.8, 4) is 0 Å². The third-order valence-corrected chi connectivity index (χ3v) is 3.74. The molecule has 0 aliphatic heterocycles. The molecule has 1 aromatic rings. The van der Waals surface area contributed by atoms with Crippen LogP contribution in [0.3, 0.4) is 0 Å². The maximum atomic E-state index is 12.8. The van der Waals surface area contributed by atoms with Gasteiger partial charge in [-0.25, -0.2) is 0 Å². The van der Waals surface area contributed by atoms with E-state index < -0.39 is 5.41 Å². The first kappa shape index (κ1) is 13.7. The first-order chi connectivity index (χ1) is 8.96. The Morgan fingerprint density at radius 2 is 2.00 bits per heavy atom. The third kappa shape index (κ3) is 2.80. The topological polar surface area (TPSA) is 46.3 Å². The largest absolute Gasteiger partial charge is 0.399 e. The normalized spacial score (nSPS) is 15.1. The van der Waals surface area contributed by atoms with E-state index >= 15 is 0 Å². The van der Waals surface area contributed by atoms with Crippen molar-refractivity contribution in [1.82, 2.24) is 4.90 Å². The number of hydrogen-bond acceptors (Lipinski definition) is 2. The minimum Gasteiger partial charge on any atom is -0.399 e. The number of nitrogens with zero attached hydrogens (tertiary/aromatic N) is 1. The second-order valence-corrected chi connectivity index (χ2v) is 5.72. The highest BCUT2D eigenvalue weighted by atomic mass is 16.2. The molecule has 0 atom stereocenters. The fourth-order valence-corrected chi connectivity index (χ4v) is 2.31. The molecule has 0 radical (unpaired) electrons. The van der Waals surface area contributed by atoms with Gasteiger partial charge in [-0.1, -0.05) is 18.2 Å². The van der Waals surface area contributed by atoms with Crippen molar-refractivity contribution in [2.24, 2.45) is 0 Å². The molecule has 0 unspecified atom stereocenters. The van der Waals surface area contributed by atoms with Crippen molar-refractivity contribution in [3.05, 3.63) is 42.5 Å². The first-order valence-electron chi connectivity index (χ1n) is 6.75. The smallest absolute Gasteiger partial charge is 0.233 e. The molecule has 0 heterocycles. The van der Waals surface area contributed by atoms with Gasteiger partial charge in [-0.15, -0.1) is 6.58 Å². The summed E-state index contributed by atoms with van der Waals surface area (Å²) in [5.41, 5.74) is 6.90. The van der Waals surface area contributed by atoms with Crippen LogP contribution in [0.1, 0.15) is 32.3 Å². The molecule has 1 aromatic carbocycles. The molecule has 0 saturated heterocycles. The summed E-state index contributed by atoms with van der Waals surface area (Å²) in [7, 11) is 0. The summed E-state index contributed by atoms with van der Waals surface area (Å²) in [6.45, 7) is 8.32. The molecule has 0 aromatic heterocycles. The summed E-state index contributed by atoms with van der Waals surface area (Å²) in [5.74, 6) is 0.166. The number of nitrogen functional groups attached to an aromatic ring is 1. The molecule has 19 heavy (non-hydrogen) atoms. The van der Waals surface area contributed by atoms with Crippen LogP contribution >= 0.6 is 0 Å². The van der Waals surface area contributed by atoms with Gasteiger partial charge >= 0.3 is 0 Å². The van der Waals surface area contributed by atoms with Crippen LogP contribution in [-0.2, 0) is 10.2 Å². The van der Waals surface area contributed by atoms with Crippen LogP contribution in [0.5, 0.6) is 0 Å². The highest BCUT2D eigenvalue weighted by molar-refractivity contribution is 5.88. The van der Waals surface area contributed by atoms with Crippen molar-refractivity contribution in [3.63, 3.8) is 0 Å². The van der Waals surface area contributed by atoms with E-state index in [9.17, 15) is 4.79 Å². The lowest BCUT2D eigenvalue weighted by molar-refractivity contribution is -0.136. The highest BCUT2D eigenvalue weighted by Crippen LogP contribution is 2.33. The van der Waals surface area contributed by atoms with Gasteiger partial charge < -0.3 is 10.6 Å². The predicted molar refractivity (Wildman–Crippen MR) is 78.8 cm³/mol. The van der Waals surface area contributed by atoms with Gasteiger partial charge in [0, 0.05) is 18.3 Å². The number of anilines is 1. The molecule has 1 fully saturated rings. The lowest BCUT2D eigenvalue weighted by Gasteiger charge is -2.32. The summed E-state index contributed by atoms with van der Waals surface area (Å²) in [6, 6.07) is 7.97. The Bertz CT molecular complexity index is 472. The van der Waals surface area contributed by atoms with E-state index in [-0.39, 0.29) is 5.91 Å². The molecular weight excluding hydrogens is 236 g/mol. The van der Waals surface area contributed by atoms with E-state index in [1.807, 2.05) is 43.0 Å². The monoisotopic (exact) mass is 258 g/mol. The summed E-state index contributed by atoms with van der Waals surface area (Å²) in [4.78, 5) is 14.7. The number of amides is 1. The van der Waals surface area contributed by atoms with Crippen LogP contribution in [-0.4, -0.2) is 23.4 Å². The lowest BCUT2D eigenvalue weighted by atomic mass is 9.83. The Morgan fingerprint density at radius 1 is 1.42 bits per heavy atom. The molecule has 1 aliphatic carbocycles. The van der Waals surface area contributed by atoms with Crippen LogP contribution in [0.2, 0.25) is 0 Å². The Labute approximate surface area is 115 Å². The van der Waals surface area contributed by atoms with Crippen molar-refractivity contribution in [2.45, 2.75) is 38.1 Å². The van der Waals surface area contributed by atoms with E-state index in [1.54, 1.807) is 6.08 Å². The lowest BCUT2D eigenvalue weighted by Crippen LogP contribution is -2.44. The van der Waals surface area contributed by atoms with Gasteiger partial charge in [0.15, 0.2) is 0 Å². The van der Waals surface area contributed by atoms with Crippen LogP contribution in [0.15, 0.2) is 36.9 Å². The zero-order valence-corrected chi connectivity index (χ0v) is 11.7. The standard InChI is InChI=1S/C16H22N2O/c1-4-11-18(14-9-10-14)15(19)16(2,3)12-5-7-13(17)8-6-12/h4-8,14H,1,9-11,17H2,2-3H3. The van der Waals surface area contributed by atoms with Gasteiger partial charge in [-0.05, 0) is 44.4 Å². The molecule has 1 saturated carbocycles. The van der Waals surface area contributed by atoms with E-state index in [1.165, 1.54) is 0 Å². The minimum atomic E-state index is -0.528. The molecule has 102 valence electrons. The summed E-state index contributed by atoms with van der Waals surface area (Å²) < 4.78 is 0. The Kier molecular flexibility index (Phi) is 3.65. The molecule has 2 N–H and O–H groups in total. The Morgan fingerprint density at radius 3 is 2.47 bits per heavy atom. The van der Waals surface area contributed by atoms with Gasteiger partial charge in [0.05, 0.1) is 5.41 Å². The molecular formula is C16H22N2O. The number of hydrogen-bond donors (Lipinski definition) is 1. The van der Waals surface area contributed by atoms with Gasteiger partial charge in [0.2, 0.25) is 5.91 Å². The minimum absolute atomic E-state index is 0.166. The van der Waals surface area contributed by atoms with Crippen LogP contribution < -0.4 is 5.73 Å². The summed E-state index contributed by atoms with van der Waals surface area (Å²) >= 11 is 0. The number of carbonyl (C=O) groups is 1. The number of carbonyl (C=O) groups excluding carboxylic acids is 1. The molecule has 3 nitrogen and oxygen atoms in total. The van der Waals surface area contributed by atoms with Crippen molar-refractivity contribution >= 4 is 11.6 Å². The van der Waals surface area contributed by atoms with E-state index in [0.717, 1.165) is 24.1 Å². The summed E-state index contributed by atoms with van der Waals surface area (Å²) in [5, 5.41) is 0.